The lowest BCUT2D eigenvalue weighted by atomic mass is 10.2. The quantitative estimate of drug-likeness (QED) is 0.819. The zero-order chi connectivity index (χ0) is 14.7. The molecule has 0 aliphatic rings. The van der Waals surface area contributed by atoms with E-state index >= 15 is 0 Å². The number of hydrogen-bond donors (Lipinski definition) is 0. The molecule has 0 amide bonds. The minimum absolute atomic E-state index is 0.183. The first-order chi connectivity index (χ1) is 9.52. The zero-order valence-corrected chi connectivity index (χ0v) is 12.1. The summed E-state index contributed by atoms with van der Waals surface area (Å²) in [6, 6.07) is 7.83. The third-order valence-electron chi connectivity index (χ3n) is 2.79. The number of hydrogen-bond acceptors (Lipinski definition) is 3. The summed E-state index contributed by atoms with van der Waals surface area (Å²) in [7, 11) is 1.28. The topological polar surface area (TPSA) is 48.3 Å². The van der Waals surface area contributed by atoms with E-state index in [1.54, 1.807) is 18.2 Å². The van der Waals surface area contributed by atoms with E-state index in [0.29, 0.717) is 15.6 Å². The van der Waals surface area contributed by atoms with Gasteiger partial charge in [-0.25, -0.2) is 4.79 Å². The maximum absolute atomic E-state index is 11.8. The van der Waals surface area contributed by atoms with E-state index in [0.717, 1.165) is 0 Å². The van der Waals surface area contributed by atoms with E-state index < -0.39 is 5.97 Å². The standard InChI is InChI=1S/C14H11Cl2NO3/c1-20-14(19)9-5-6-13(18)17(7-9)8-10-11(15)3-2-4-12(10)16/h2-7H,8H2,1H3. The van der Waals surface area contributed by atoms with Gasteiger partial charge in [-0.1, -0.05) is 29.3 Å². The van der Waals surface area contributed by atoms with Crippen LogP contribution in [0, 0.1) is 0 Å². The highest BCUT2D eigenvalue weighted by Crippen LogP contribution is 2.24. The first-order valence-corrected chi connectivity index (χ1v) is 6.50. The molecule has 4 nitrogen and oxygen atoms in total. The normalized spacial score (nSPS) is 10.3. The van der Waals surface area contributed by atoms with Gasteiger partial charge in [-0.2, -0.15) is 0 Å². The molecule has 1 aromatic carbocycles. The van der Waals surface area contributed by atoms with Crippen LogP contribution in [0.5, 0.6) is 0 Å². The molecule has 0 saturated heterocycles. The summed E-state index contributed by atoms with van der Waals surface area (Å²) in [5, 5.41) is 0.931. The van der Waals surface area contributed by atoms with Gasteiger partial charge in [-0.05, 0) is 18.2 Å². The average Bonchev–Trinajstić information content (AvgIpc) is 2.44. The van der Waals surface area contributed by atoms with Gasteiger partial charge in [0.15, 0.2) is 0 Å². The summed E-state index contributed by atoms with van der Waals surface area (Å²) < 4.78 is 5.98. The number of carbonyl (C=O) groups excluding carboxylic acids is 1. The maximum atomic E-state index is 11.8. The number of pyridine rings is 1. The van der Waals surface area contributed by atoms with Crippen LogP contribution in [0.3, 0.4) is 0 Å². The number of carbonyl (C=O) groups is 1. The number of ether oxygens (including phenoxy) is 1. The Morgan fingerprint density at radius 1 is 1.20 bits per heavy atom. The van der Waals surface area contributed by atoms with Crippen molar-refractivity contribution in [3.05, 3.63) is 68.1 Å². The molecule has 2 rings (SSSR count). The largest absolute Gasteiger partial charge is 0.465 e. The summed E-state index contributed by atoms with van der Waals surface area (Å²) in [4.78, 5) is 23.3. The number of rotatable bonds is 3. The SMILES string of the molecule is COC(=O)c1ccc(=O)n(Cc2c(Cl)cccc2Cl)c1. The van der Waals surface area contributed by atoms with Crippen LogP contribution in [0.1, 0.15) is 15.9 Å². The van der Waals surface area contributed by atoms with E-state index in [-0.39, 0.29) is 17.7 Å². The number of nitrogens with zero attached hydrogens (tertiary/aromatic N) is 1. The van der Waals surface area contributed by atoms with Crippen molar-refractivity contribution >= 4 is 29.2 Å². The number of benzene rings is 1. The molecular weight excluding hydrogens is 301 g/mol. The third kappa shape index (κ3) is 3.03. The Morgan fingerprint density at radius 3 is 2.45 bits per heavy atom. The molecule has 0 bridgehead atoms. The summed E-state index contributed by atoms with van der Waals surface area (Å²) in [5.74, 6) is -0.510. The molecule has 0 spiro atoms. The molecule has 1 aromatic heterocycles. The van der Waals surface area contributed by atoms with Crippen LogP contribution < -0.4 is 5.56 Å². The molecule has 0 radical (unpaired) electrons. The van der Waals surface area contributed by atoms with Gasteiger partial charge in [0.2, 0.25) is 0 Å². The first-order valence-electron chi connectivity index (χ1n) is 5.74. The molecule has 20 heavy (non-hydrogen) atoms. The monoisotopic (exact) mass is 311 g/mol. The number of methoxy groups -OCH3 is 1. The second-order valence-electron chi connectivity index (χ2n) is 4.08. The van der Waals surface area contributed by atoms with Crippen molar-refractivity contribution < 1.29 is 9.53 Å². The lowest BCUT2D eigenvalue weighted by Crippen LogP contribution is -2.21. The van der Waals surface area contributed by atoms with Crippen molar-refractivity contribution in [3.63, 3.8) is 0 Å². The molecule has 2 aromatic rings. The van der Waals surface area contributed by atoms with E-state index in [2.05, 4.69) is 4.74 Å². The minimum Gasteiger partial charge on any atom is -0.465 e. The van der Waals surface area contributed by atoms with Crippen LogP contribution in [0.2, 0.25) is 10.0 Å². The van der Waals surface area contributed by atoms with E-state index in [1.807, 2.05) is 0 Å². The van der Waals surface area contributed by atoms with Gasteiger partial charge in [0, 0.05) is 27.9 Å². The summed E-state index contributed by atoms with van der Waals surface area (Å²) in [5.41, 5.74) is 0.656. The Kier molecular flexibility index (Phi) is 4.47. The highest BCUT2D eigenvalue weighted by molar-refractivity contribution is 6.35. The predicted molar refractivity (Wildman–Crippen MR) is 77.6 cm³/mol. The van der Waals surface area contributed by atoms with E-state index in [4.69, 9.17) is 23.2 Å². The van der Waals surface area contributed by atoms with Crippen LogP contribution in [-0.4, -0.2) is 17.6 Å². The van der Waals surface area contributed by atoms with Gasteiger partial charge in [0.25, 0.3) is 5.56 Å². The molecule has 1 heterocycles. The number of aromatic nitrogens is 1. The number of esters is 1. The van der Waals surface area contributed by atoms with Gasteiger partial charge in [0.05, 0.1) is 19.2 Å². The highest BCUT2D eigenvalue weighted by Gasteiger charge is 2.10. The van der Waals surface area contributed by atoms with Gasteiger partial charge in [-0.3, -0.25) is 4.79 Å². The molecular formula is C14H11Cl2NO3. The molecule has 0 saturated carbocycles. The number of halogens is 2. The Morgan fingerprint density at radius 2 is 1.85 bits per heavy atom. The fourth-order valence-electron chi connectivity index (χ4n) is 1.75. The van der Waals surface area contributed by atoms with Gasteiger partial charge < -0.3 is 9.30 Å². The molecule has 0 unspecified atom stereocenters. The van der Waals surface area contributed by atoms with Crippen molar-refractivity contribution in [2.24, 2.45) is 0 Å². The molecule has 0 N–H and O–H groups in total. The van der Waals surface area contributed by atoms with Crippen LogP contribution in [-0.2, 0) is 11.3 Å². The maximum Gasteiger partial charge on any atom is 0.339 e. The van der Waals surface area contributed by atoms with Crippen molar-refractivity contribution in [2.45, 2.75) is 6.54 Å². The zero-order valence-electron chi connectivity index (χ0n) is 10.6. The minimum atomic E-state index is -0.510. The van der Waals surface area contributed by atoms with Crippen LogP contribution in [0.25, 0.3) is 0 Å². The molecule has 0 fully saturated rings. The van der Waals surface area contributed by atoms with Crippen LogP contribution in [0.15, 0.2) is 41.3 Å². The van der Waals surface area contributed by atoms with Crippen LogP contribution >= 0.6 is 23.2 Å². The van der Waals surface area contributed by atoms with Crippen molar-refractivity contribution in [1.29, 1.82) is 0 Å². The third-order valence-corrected chi connectivity index (χ3v) is 3.50. The van der Waals surface area contributed by atoms with Crippen molar-refractivity contribution in [2.75, 3.05) is 7.11 Å². The summed E-state index contributed by atoms with van der Waals surface area (Å²) >= 11 is 12.1. The van der Waals surface area contributed by atoms with Crippen molar-refractivity contribution in [1.82, 2.24) is 4.57 Å². The smallest absolute Gasteiger partial charge is 0.339 e. The molecule has 0 atom stereocenters. The van der Waals surface area contributed by atoms with Crippen molar-refractivity contribution in [3.8, 4) is 0 Å². The van der Waals surface area contributed by atoms with Crippen LogP contribution in [0.4, 0.5) is 0 Å². The second-order valence-corrected chi connectivity index (χ2v) is 4.89. The Labute approximate surface area is 125 Å². The average molecular weight is 312 g/mol. The van der Waals surface area contributed by atoms with Gasteiger partial charge in [-0.15, -0.1) is 0 Å². The Balaban J connectivity index is 2.43. The van der Waals surface area contributed by atoms with E-state index in [9.17, 15) is 9.59 Å². The molecule has 104 valence electrons. The summed E-state index contributed by atoms with van der Waals surface area (Å²) in [6.07, 6.45) is 1.42. The van der Waals surface area contributed by atoms with E-state index in [1.165, 1.54) is 30.0 Å². The lowest BCUT2D eigenvalue weighted by Gasteiger charge is -2.10. The molecule has 0 aliphatic carbocycles. The summed E-state index contributed by atoms with van der Waals surface area (Å²) in [6.45, 7) is 0.183. The second kappa shape index (κ2) is 6.11. The first kappa shape index (κ1) is 14.6. The van der Waals surface area contributed by atoms with Gasteiger partial charge >= 0.3 is 5.97 Å². The predicted octanol–water partition coefficient (Wildman–Crippen LogP) is 2.99. The highest BCUT2D eigenvalue weighted by atomic mass is 35.5. The lowest BCUT2D eigenvalue weighted by molar-refractivity contribution is 0.0599. The molecule has 0 aliphatic heterocycles. The fraction of sp³-hybridized carbons (Fsp3) is 0.143. The Bertz CT molecular complexity index is 690. The Hall–Kier alpha value is -1.78. The fourth-order valence-corrected chi connectivity index (χ4v) is 2.26. The van der Waals surface area contributed by atoms with Gasteiger partial charge in [0.1, 0.15) is 0 Å². The molecule has 6 heteroatoms.